The smallest absolute Gasteiger partial charge is 0.264 e. The molecule has 0 unspecified atom stereocenters. The number of nitrogens with zero attached hydrogens (tertiary/aromatic N) is 1. The molecule has 0 aliphatic heterocycles. The Morgan fingerprint density at radius 1 is 0.833 bits per heavy atom. The molecule has 1 N–H and O–H groups in total. The first-order chi connectivity index (χ1) is 17.3. The van der Waals surface area contributed by atoms with Gasteiger partial charge in [-0.15, -0.1) is 0 Å². The van der Waals surface area contributed by atoms with E-state index in [0.717, 1.165) is 21.0 Å². The van der Waals surface area contributed by atoms with Gasteiger partial charge in [-0.3, -0.25) is 9.10 Å². The van der Waals surface area contributed by atoms with Gasteiger partial charge in [-0.2, -0.15) is 0 Å². The zero-order valence-corrected chi connectivity index (χ0v) is 21.6. The standard InChI is InChI=1S/C29H27ClN2O3S/c1-21-11-9-10-16-26(21)29(23-12-5-3-6-13-23)31-28(33)20-32(27-19-24(30)18-17-22(27)2)36(34,35)25-14-7-4-8-15-25/h3-19,29H,20H2,1-2H3,(H,31,33)/t29-/m1/s1. The van der Waals surface area contributed by atoms with Crippen molar-refractivity contribution in [1.82, 2.24) is 5.32 Å². The Hall–Kier alpha value is -3.61. The van der Waals surface area contributed by atoms with Crippen LogP contribution in [0.15, 0.2) is 108 Å². The highest BCUT2D eigenvalue weighted by atomic mass is 35.5. The van der Waals surface area contributed by atoms with Gasteiger partial charge in [-0.25, -0.2) is 8.42 Å². The number of carbonyl (C=O) groups is 1. The van der Waals surface area contributed by atoms with Crippen molar-refractivity contribution in [2.24, 2.45) is 0 Å². The van der Waals surface area contributed by atoms with E-state index in [1.807, 2.05) is 61.5 Å². The molecule has 0 saturated carbocycles. The molecule has 0 aliphatic carbocycles. The summed E-state index contributed by atoms with van der Waals surface area (Å²) in [6.45, 7) is 3.36. The molecule has 1 amide bonds. The summed E-state index contributed by atoms with van der Waals surface area (Å²) in [6.07, 6.45) is 0. The van der Waals surface area contributed by atoms with Gasteiger partial charge in [0.25, 0.3) is 10.0 Å². The van der Waals surface area contributed by atoms with Gasteiger partial charge in [-0.1, -0.05) is 90.5 Å². The predicted octanol–water partition coefficient (Wildman–Crippen LogP) is 6.06. The number of halogens is 1. The number of amides is 1. The van der Waals surface area contributed by atoms with Crippen molar-refractivity contribution in [3.05, 3.63) is 130 Å². The van der Waals surface area contributed by atoms with E-state index >= 15 is 0 Å². The maximum atomic E-state index is 13.7. The van der Waals surface area contributed by atoms with Crippen molar-refractivity contribution in [3.8, 4) is 0 Å². The molecule has 5 nitrogen and oxygen atoms in total. The van der Waals surface area contributed by atoms with Gasteiger partial charge in [0.05, 0.1) is 16.6 Å². The van der Waals surface area contributed by atoms with E-state index in [0.29, 0.717) is 16.3 Å². The first-order valence-corrected chi connectivity index (χ1v) is 13.3. The lowest BCUT2D eigenvalue weighted by Crippen LogP contribution is -2.42. The van der Waals surface area contributed by atoms with Gasteiger partial charge in [0.1, 0.15) is 6.54 Å². The van der Waals surface area contributed by atoms with Gasteiger partial charge in [-0.05, 0) is 60.4 Å². The zero-order chi connectivity index (χ0) is 25.7. The molecule has 1 atom stereocenters. The van der Waals surface area contributed by atoms with Crippen molar-refractivity contribution < 1.29 is 13.2 Å². The molecule has 0 fully saturated rings. The van der Waals surface area contributed by atoms with Crippen molar-refractivity contribution in [2.75, 3.05) is 10.8 Å². The van der Waals surface area contributed by atoms with Crippen molar-refractivity contribution in [3.63, 3.8) is 0 Å². The number of hydrogen-bond donors (Lipinski definition) is 1. The fourth-order valence-electron chi connectivity index (χ4n) is 4.10. The van der Waals surface area contributed by atoms with Gasteiger partial charge in [0, 0.05) is 5.02 Å². The highest BCUT2D eigenvalue weighted by Crippen LogP contribution is 2.30. The molecule has 0 spiro atoms. The zero-order valence-electron chi connectivity index (χ0n) is 20.1. The van der Waals surface area contributed by atoms with Crippen LogP contribution < -0.4 is 9.62 Å². The molecule has 0 aliphatic rings. The average Bonchev–Trinajstić information content (AvgIpc) is 2.89. The Morgan fingerprint density at radius 3 is 2.11 bits per heavy atom. The third kappa shape index (κ3) is 5.61. The second-order valence-electron chi connectivity index (χ2n) is 8.52. The third-order valence-corrected chi connectivity index (χ3v) is 8.01. The lowest BCUT2D eigenvalue weighted by molar-refractivity contribution is -0.120. The van der Waals surface area contributed by atoms with Crippen molar-refractivity contribution in [1.29, 1.82) is 0 Å². The normalized spacial score (nSPS) is 12.1. The fraction of sp³-hybridized carbons (Fsp3) is 0.138. The van der Waals surface area contributed by atoms with E-state index in [9.17, 15) is 13.2 Å². The number of hydrogen-bond acceptors (Lipinski definition) is 3. The fourth-order valence-corrected chi connectivity index (χ4v) is 5.77. The minimum atomic E-state index is -4.05. The molecule has 4 rings (SSSR count). The van der Waals surface area contributed by atoms with Crippen LogP contribution in [0.4, 0.5) is 5.69 Å². The summed E-state index contributed by atoms with van der Waals surface area (Å²) in [6, 6.07) is 30.1. The molecular formula is C29H27ClN2O3S. The number of anilines is 1. The highest BCUT2D eigenvalue weighted by molar-refractivity contribution is 7.92. The molecule has 0 radical (unpaired) electrons. The van der Waals surface area contributed by atoms with Crippen LogP contribution in [0.3, 0.4) is 0 Å². The second-order valence-corrected chi connectivity index (χ2v) is 10.8. The average molecular weight is 519 g/mol. The Labute approximate surface area is 217 Å². The lowest BCUT2D eigenvalue weighted by Gasteiger charge is -2.28. The van der Waals surface area contributed by atoms with Gasteiger partial charge < -0.3 is 5.32 Å². The molecule has 36 heavy (non-hydrogen) atoms. The molecule has 7 heteroatoms. The van der Waals surface area contributed by atoms with E-state index < -0.39 is 28.5 Å². The predicted molar refractivity (Wildman–Crippen MR) is 145 cm³/mol. The van der Waals surface area contributed by atoms with E-state index in [1.165, 1.54) is 12.1 Å². The number of sulfonamides is 1. The van der Waals surface area contributed by atoms with E-state index in [2.05, 4.69) is 5.32 Å². The first kappa shape index (κ1) is 25.5. The molecule has 184 valence electrons. The number of benzene rings is 4. The van der Waals surface area contributed by atoms with Gasteiger partial charge in [0.15, 0.2) is 0 Å². The third-order valence-electron chi connectivity index (χ3n) is 6.00. The Morgan fingerprint density at radius 2 is 1.44 bits per heavy atom. The maximum Gasteiger partial charge on any atom is 0.264 e. The summed E-state index contributed by atoms with van der Waals surface area (Å²) in [5.74, 6) is -0.439. The van der Waals surface area contributed by atoms with Crippen LogP contribution in [0.5, 0.6) is 0 Å². The molecule has 0 heterocycles. The molecule has 0 aromatic heterocycles. The summed E-state index contributed by atoms with van der Waals surface area (Å²) >= 11 is 6.23. The second kappa shape index (κ2) is 11.0. The summed E-state index contributed by atoms with van der Waals surface area (Å²) in [4.78, 5) is 13.6. The van der Waals surface area contributed by atoms with Crippen LogP contribution in [0.2, 0.25) is 5.02 Å². The van der Waals surface area contributed by atoms with E-state index in [4.69, 9.17) is 11.6 Å². The quantitative estimate of drug-likeness (QED) is 0.308. The molecule has 4 aromatic carbocycles. The number of aryl methyl sites for hydroxylation is 2. The SMILES string of the molecule is Cc1ccccc1[C@H](NC(=O)CN(c1cc(Cl)ccc1C)S(=O)(=O)c1ccccc1)c1ccccc1. The molecule has 0 bridgehead atoms. The number of carbonyl (C=O) groups excluding carboxylic acids is 1. The first-order valence-electron chi connectivity index (χ1n) is 11.5. The molecular weight excluding hydrogens is 492 g/mol. The molecule has 0 saturated heterocycles. The largest absolute Gasteiger partial charge is 0.344 e. The van der Waals surface area contributed by atoms with Crippen molar-refractivity contribution >= 4 is 33.2 Å². The Balaban J connectivity index is 1.73. The minimum absolute atomic E-state index is 0.0932. The van der Waals surface area contributed by atoms with Crippen LogP contribution in [0, 0.1) is 13.8 Å². The van der Waals surface area contributed by atoms with Gasteiger partial charge in [0.2, 0.25) is 5.91 Å². The van der Waals surface area contributed by atoms with Crippen LogP contribution in [-0.2, 0) is 14.8 Å². The van der Waals surface area contributed by atoms with Crippen molar-refractivity contribution in [2.45, 2.75) is 24.8 Å². The molecule has 4 aromatic rings. The van der Waals surface area contributed by atoms with E-state index in [1.54, 1.807) is 43.3 Å². The summed E-state index contributed by atoms with van der Waals surface area (Å²) in [7, 11) is -4.05. The Bertz CT molecular complexity index is 1460. The topological polar surface area (TPSA) is 66.5 Å². The minimum Gasteiger partial charge on any atom is -0.344 e. The highest BCUT2D eigenvalue weighted by Gasteiger charge is 2.29. The van der Waals surface area contributed by atoms with Gasteiger partial charge >= 0.3 is 0 Å². The maximum absolute atomic E-state index is 13.7. The van der Waals surface area contributed by atoms with Crippen LogP contribution in [0.1, 0.15) is 28.3 Å². The summed E-state index contributed by atoms with van der Waals surface area (Å²) in [5.41, 5.74) is 3.90. The van der Waals surface area contributed by atoms with Crippen LogP contribution in [0.25, 0.3) is 0 Å². The summed E-state index contributed by atoms with van der Waals surface area (Å²) < 4.78 is 28.6. The number of nitrogens with one attached hydrogen (secondary N) is 1. The van der Waals surface area contributed by atoms with E-state index in [-0.39, 0.29) is 4.90 Å². The van der Waals surface area contributed by atoms with Crippen LogP contribution >= 0.6 is 11.6 Å². The lowest BCUT2D eigenvalue weighted by atomic mass is 9.95. The van der Waals surface area contributed by atoms with Crippen LogP contribution in [-0.4, -0.2) is 20.9 Å². The number of rotatable bonds is 8. The Kier molecular flexibility index (Phi) is 7.77. The summed E-state index contributed by atoms with van der Waals surface area (Å²) in [5, 5.41) is 3.45. The monoisotopic (exact) mass is 518 g/mol.